The molecule has 1 amide bonds. The summed E-state index contributed by atoms with van der Waals surface area (Å²) in [7, 11) is 0. The number of hydrazone groups is 1. The third kappa shape index (κ3) is 3.84. The maximum absolute atomic E-state index is 12.7. The SMILES string of the molecule is CCn1c(C)cc(C=NNC(=O)c2cccc(C(F)(F)F)c2)c1C. The van der Waals surface area contributed by atoms with Gasteiger partial charge in [-0.1, -0.05) is 6.07 Å². The van der Waals surface area contributed by atoms with Gasteiger partial charge >= 0.3 is 6.18 Å². The molecule has 0 saturated heterocycles. The summed E-state index contributed by atoms with van der Waals surface area (Å²) in [6.45, 7) is 6.75. The number of carbonyl (C=O) groups is 1. The number of rotatable bonds is 4. The lowest BCUT2D eigenvalue weighted by atomic mass is 10.1. The highest BCUT2D eigenvalue weighted by atomic mass is 19.4. The number of nitrogens with one attached hydrogen (secondary N) is 1. The molecule has 1 aromatic heterocycles. The van der Waals surface area contributed by atoms with Gasteiger partial charge in [-0.15, -0.1) is 0 Å². The minimum Gasteiger partial charge on any atom is -0.349 e. The zero-order chi connectivity index (χ0) is 17.9. The first-order valence-corrected chi connectivity index (χ1v) is 7.41. The second kappa shape index (κ2) is 6.90. The minimum absolute atomic E-state index is 0.0963. The summed E-state index contributed by atoms with van der Waals surface area (Å²) in [4.78, 5) is 11.9. The lowest BCUT2D eigenvalue weighted by molar-refractivity contribution is -0.137. The predicted octanol–water partition coefficient (Wildman–Crippen LogP) is 3.91. The van der Waals surface area contributed by atoms with Gasteiger partial charge in [0, 0.05) is 29.1 Å². The van der Waals surface area contributed by atoms with Gasteiger partial charge in [-0.05, 0) is 45.0 Å². The number of aryl methyl sites for hydroxylation is 1. The van der Waals surface area contributed by atoms with E-state index in [1.807, 2.05) is 26.8 Å². The van der Waals surface area contributed by atoms with Crippen molar-refractivity contribution in [2.24, 2.45) is 5.10 Å². The zero-order valence-electron chi connectivity index (χ0n) is 13.6. The highest BCUT2D eigenvalue weighted by Gasteiger charge is 2.30. The quantitative estimate of drug-likeness (QED) is 0.667. The molecule has 128 valence electrons. The van der Waals surface area contributed by atoms with Crippen LogP contribution >= 0.6 is 0 Å². The van der Waals surface area contributed by atoms with Crippen molar-refractivity contribution in [2.45, 2.75) is 33.5 Å². The molecule has 1 aromatic carbocycles. The summed E-state index contributed by atoms with van der Waals surface area (Å²) in [6.07, 6.45) is -3.00. The van der Waals surface area contributed by atoms with Crippen LogP contribution in [0.3, 0.4) is 0 Å². The van der Waals surface area contributed by atoms with Crippen molar-refractivity contribution >= 4 is 12.1 Å². The first-order chi connectivity index (χ1) is 11.2. The third-order valence-electron chi connectivity index (χ3n) is 3.75. The van der Waals surface area contributed by atoms with Crippen molar-refractivity contribution in [3.05, 3.63) is 58.4 Å². The highest BCUT2D eigenvalue weighted by Crippen LogP contribution is 2.29. The third-order valence-corrected chi connectivity index (χ3v) is 3.75. The molecule has 2 aromatic rings. The van der Waals surface area contributed by atoms with Crippen molar-refractivity contribution in [1.29, 1.82) is 0 Å². The van der Waals surface area contributed by atoms with Crippen LogP contribution in [0.5, 0.6) is 0 Å². The van der Waals surface area contributed by atoms with E-state index in [0.29, 0.717) is 0 Å². The highest BCUT2D eigenvalue weighted by molar-refractivity contribution is 5.95. The van der Waals surface area contributed by atoms with E-state index >= 15 is 0 Å². The smallest absolute Gasteiger partial charge is 0.349 e. The van der Waals surface area contributed by atoms with Gasteiger partial charge in [0.1, 0.15) is 0 Å². The average molecular weight is 337 g/mol. The van der Waals surface area contributed by atoms with E-state index in [0.717, 1.165) is 35.6 Å². The fourth-order valence-electron chi connectivity index (χ4n) is 2.51. The van der Waals surface area contributed by atoms with E-state index < -0.39 is 17.6 Å². The topological polar surface area (TPSA) is 46.4 Å². The molecule has 0 unspecified atom stereocenters. The number of aromatic nitrogens is 1. The monoisotopic (exact) mass is 337 g/mol. The van der Waals surface area contributed by atoms with Crippen LogP contribution < -0.4 is 5.43 Å². The molecule has 0 aliphatic rings. The standard InChI is InChI=1S/C17H18F3N3O/c1-4-23-11(2)8-14(12(23)3)10-21-22-16(24)13-6-5-7-15(9-13)17(18,19)20/h5-10H,4H2,1-3H3,(H,22,24). The maximum Gasteiger partial charge on any atom is 0.416 e. The van der Waals surface area contributed by atoms with Crippen LogP contribution in [0.4, 0.5) is 13.2 Å². The molecule has 4 nitrogen and oxygen atoms in total. The van der Waals surface area contributed by atoms with Gasteiger partial charge in [0.05, 0.1) is 11.8 Å². The van der Waals surface area contributed by atoms with Crippen LogP contribution in [0, 0.1) is 13.8 Å². The predicted molar refractivity (Wildman–Crippen MR) is 86.1 cm³/mol. The summed E-state index contributed by atoms with van der Waals surface area (Å²) in [6, 6.07) is 6.14. The van der Waals surface area contributed by atoms with Crippen molar-refractivity contribution < 1.29 is 18.0 Å². The summed E-state index contributed by atoms with van der Waals surface area (Å²) in [5, 5.41) is 3.84. The number of nitrogens with zero attached hydrogens (tertiary/aromatic N) is 2. The van der Waals surface area contributed by atoms with Crippen LogP contribution in [-0.2, 0) is 12.7 Å². The number of alkyl halides is 3. The molecule has 0 aliphatic carbocycles. The molecule has 2 rings (SSSR count). The molecule has 0 saturated carbocycles. The molecule has 0 bridgehead atoms. The number of amides is 1. The lowest BCUT2D eigenvalue weighted by Gasteiger charge is -2.07. The minimum atomic E-state index is -4.49. The van der Waals surface area contributed by atoms with Gasteiger partial charge in [0.2, 0.25) is 0 Å². The summed E-state index contributed by atoms with van der Waals surface area (Å²) >= 11 is 0. The largest absolute Gasteiger partial charge is 0.416 e. The fourth-order valence-corrected chi connectivity index (χ4v) is 2.51. The molecule has 24 heavy (non-hydrogen) atoms. The Hall–Kier alpha value is -2.57. The average Bonchev–Trinajstić information content (AvgIpc) is 2.80. The van der Waals surface area contributed by atoms with Crippen molar-refractivity contribution in [3.8, 4) is 0 Å². The number of carbonyl (C=O) groups excluding carboxylic acids is 1. The summed E-state index contributed by atoms with van der Waals surface area (Å²) < 4.78 is 40.1. The van der Waals surface area contributed by atoms with Crippen LogP contribution in [0.1, 0.15) is 39.8 Å². The molecule has 0 atom stereocenters. The van der Waals surface area contributed by atoms with E-state index in [1.165, 1.54) is 18.3 Å². The van der Waals surface area contributed by atoms with E-state index in [2.05, 4.69) is 15.1 Å². The van der Waals surface area contributed by atoms with Crippen molar-refractivity contribution in [1.82, 2.24) is 9.99 Å². The summed E-state index contributed by atoms with van der Waals surface area (Å²) in [5.74, 6) is -0.693. The number of halogens is 3. The van der Waals surface area contributed by atoms with Crippen LogP contribution in [-0.4, -0.2) is 16.7 Å². The molecule has 0 radical (unpaired) electrons. The molecule has 0 aliphatic heterocycles. The van der Waals surface area contributed by atoms with E-state index in [9.17, 15) is 18.0 Å². The van der Waals surface area contributed by atoms with E-state index in [4.69, 9.17) is 0 Å². The van der Waals surface area contributed by atoms with Crippen LogP contribution in [0.15, 0.2) is 35.4 Å². The van der Waals surface area contributed by atoms with Crippen molar-refractivity contribution in [2.75, 3.05) is 0 Å². The van der Waals surface area contributed by atoms with Gasteiger partial charge in [-0.25, -0.2) is 5.43 Å². The van der Waals surface area contributed by atoms with Gasteiger partial charge in [-0.2, -0.15) is 18.3 Å². The van der Waals surface area contributed by atoms with Gasteiger partial charge in [-0.3, -0.25) is 4.79 Å². The second-order valence-electron chi connectivity index (χ2n) is 5.35. The molecular formula is C17H18F3N3O. The van der Waals surface area contributed by atoms with Gasteiger partial charge in [0.25, 0.3) is 5.91 Å². The molecular weight excluding hydrogens is 319 g/mol. The van der Waals surface area contributed by atoms with Crippen LogP contribution in [0.25, 0.3) is 0 Å². The number of hydrogen-bond donors (Lipinski definition) is 1. The Kier molecular flexibility index (Phi) is 5.11. The Balaban J connectivity index is 2.11. The molecule has 0 spiro atoms. The first kappa shape index (κ1) is 17.8. The van der Waals surface area contributed by atoms with Gasteiger partial charge < -0.3 is 4.57 Å². The van der Waals surface area contributed by atoms with E-state index in [1.54, 1.807) is 0 Å². The number of hydrogen-bond acceptors (Lipinski definition) is 2. The maximum atomic E-state index is 12.7. The molecule has 0 fully saturated rings. The Morgan fingerprint density at radius 2 is 2.00 bits per heavy atom. The lowest BCUT2D eigenvalue weighted by Crippen LogP contribution is -2.18. The second-order valence-corrected chi connectivity index (χ2v) is 5.35. The van der Waals surface area contributed by atoms with Crippen LogP contribution in [0.2, 0.25) is 0 Å². The van der Waals surface area contributed by atoms with Crippen molar-refractivity contribution in [3.63, 3.8) is 0 Å². The first-order valence-electron chi connectivity index (χ1n) is 7.41. The Bertz CT molecular complexity index is 776. The Morgan fingerprint density at radius 3 is 2.58 bits per heavy atom. The Labute approximate surface area is 138 Å². The molecule has 7 heteroatoms. The Morgan fingerprint density at radius 1 is 1.29 bits per heavy atom. The fraction of sp³-hybridized carbons (Fsp3) is 0.294. The van der Waals surface area contributed by atoms with E-state index in [-0.39, 0.29) is 5.56 Å². The molecule has 1 N–H and O–H groups in total. The van der Waals surface area contributed by atoms with Gasteiger partial charge in [0.15, 0.2) is 0 Å². The summed E-state index contributed by atoms with van der Waals surface area (Å²) in [5.41, 5.74) is 4.21. The zero-order valence-corrected chi connectivity index (χ0v) is 13.6. The molecule has 1 heterocycles. The normalized spacial score (nSPS) is 11.9. The number of benzene rings is 1.